The molecule has 0 saturated heterocycles. The molecule has 2 aliphatic rings. The predicted octanol–water partition coefficient (Wildman–Crippen LogP) is 1.84. The summed E-state index contributed by atoms with van der Waals surface area (Å²) in [6.45, 7) is 3.10. The molecule has 1 fully saturated rings. The van der Waals surface area contributed by atoms with Crippen molar-refractivity contribution in [3.8, 4) is 5.75 Å². The summed E-state index contributed by atoms with van der Waals surface area (Å²) < 4.78 is 33.2. The van der Waals surface area contributed by atoms with Gasteiger partial charge in [-0.15, -0.1) is 0 Å². The van der Waals surface area contributed by atoms with Crippen LogP contribution in [0.1, 0.15) is 54.4 Å². The Hall–Kier alpha value is -2.13. The third kappa shape index (κ3) is 6.93. The normalized spacial score (nSPS) is 20.7. The zero-order valence-electron chi connectivity index (χ0n) is 18.2. The van der Waals surface area contributed by atoms with Crippen LogP contribution in [-0.2, 0) is 14.8 Å². The molecule has 1 saturated carbocycles. The lowest BCUT2D eigenvalue weighted by atomic mass is 10.1. The summed E-state index contributed by atoms with van der Waals surface area (Å²) in [4.78, 5) is 24.9. The number of amides is 2. The molecule has 9 heteroatoms. The van der Waals surface area contributed by atoms with E-state index in [1.54, 1.807) is 12.1 Å². The first-order valence-electron chi connectivity index (χ1n) is 11.1. The van der Waals surface area contributed by atoms with E-state index < -0.39 is 10.0 Å². The van der Waals surface area contributed by atoms with E-state index in [9.17, 15) is 18.0 Å². The second-order valence-electron chi connectivity index (χ2n) is 8.39. The molecule has 1 heterocycles. The highest BCUT2D eigenvalue weighted by Gasteiger charge is 2.28. The number of aryl methyl sites for hydroxylation is 1. The molecule has 172 valence electrons. The van der Waals surface area contributed by atoms with Crippen LogP contribution < -0.4 is 15.4 Å². The summed E-state index contributed by atoms with van der Waals surface area (Å²) in [6, 6.07) is 5.34. The SMILES string of the molecule is Cc1ccc2c(c1)C(=O)NCCN(S(=O)(=O)CC1CCCC1)CCCC(=O)NCCO2. The third-order valence-corrected chi connectivity index (χ3v) is 7.88. The Kier molecular flexibility index (Phi) is 8.31. The Morgan fingerprint density at radius 1 is 1.06 bits per heavy atom. The molecular formula is C22H33N3O5S. The summed E-state index contributed by atoms with van der Waals surface area (Å²) in [5, 5.41) is 5.62. The van der Waals surface area contributed by atoms with Crippen molar-refractivity contribution in [1.82, 2.24) is 14.9 Å². The Balaban J connectivity index is 1.74. The van der Waals surface area contributed by atoms with Crippen molar-refractivity contribution in [2.45, 2.75) is 45.4 Å². The fourth-order valence-corrected chi connectivity index (χ4v) is 6.08. The molecule has 0 spiro atoms. The van der Waals surface area contributed by atoms with Crippen LogP contribution in [0.2, 0.25) is 0 Å². The predicted molar refractivity (Wildman–Crippen MR) is 119 cm³/mol. The average Bonchev–Trinajstić information content (AvgIpc) is 3.22. The van der Waals surface area contributed by atoms with Gasteiger partial charge in [0.05, 0.1) is 17.9 Å². The highest BCUT2D eigenvalue weighted by Crippen LogP contribution is 2.27. The van der Waals surface area contributed by atoms with Gasteiger partial charge in [-0.25, -0.2) is 12.7 Å². The van der Waals surface area contributed by atoms with Gasteiger partial charge in [-0.3, -0.25) is 9.59 Å². The van der Waals surface area contributed by atoms with Crippen molar-refractivity contribution in [2.75, 3.05) is 38.5 Å². The maximum Gasteiger partial charge on any atom is 0.255 e. The minimum Gasteiger partial charge on any atom is -0.491 e. The van der Waals surface area contributed by atoms with Gasteiger partial charge in [-0.05, 0) is 44.2 Å². The Morgan fingerprint density at radius 2 is 1.84 bits per heavy atom. The van der Waals surface area contributed by atoms with Crippen LogP contribution >= 0.6 is 0 Å². The van der Waals surface area contributed by atoms with Crippen molar-refractivity contribution in [1.29, 1.82) is 0 Å². The van der Waals surface area contributed by atoms with Gasteiger partial charge >= 0.3 is 0 Å². The number of ether oxygens (including phenoxy) is 1. The first-order chi connectivity index (χ1) is 14.8. The van der Waals surface area contributed by atoms with Crippen LogP contribution in [0.15, 0.2) is 18.2 Å². The van der Waals surface area contributed by atoms with Crippen LogP contribution in [0.3, 0.4) is 0 Å². The zero-order chi connectivity index (χ0) is 22.3. The van der Waals surface area contributed by atoms with Gasteiger partial charge in [-0.2, -0.15) is 0 Å². The van der Waals surface area contributed by atoms with Crippen LogP contribution in [0, 0.1) is 12.8 Å². The first kappa shape index (κ1) is 23.5. The van der Waals surface area contributed by atoms with Gasteiger partial charge in [0.1, 0.15) is 12.4 Å². The molecular weight excluding hydrogens is 418 g/mol. The zero-order valence-corrected chi connectivity index (χ0v) is 19.0. The number of rotatable bonds is 3. The largest absolute Gasteiger partial charge is 0.491 e. The first-order valence-corrected chi connectivity index (χ1v) is 12.7. The molecule has 1 aromatic rings. The van der Waals surface area contributed by atoms with E-state index in [2.05, 4.69) is 10.6 Å². The quantitative estimate of drug-likeness (QED) is 0.730. The molecule has 2 N–H and O–H groups in total. The standard InChI is InChI=1S/C22H33N3O5S/c1-17-8-9-20-19(15-17)22(27)24-10-13-25(12-4-7-21(26)23-11-14-30-20)31(28,29)16-18-5-2-3-6-18/h8-9,15,18H,2-7,10-14,16H2,1H3,(H,23,26)(H,24,27). The molecule has 3 rings (SSSR count). The maximum atomic E-state index is 13.0. The number of fused-ring (bicyclic) bond motifs is 1. The fraction of sp³-hybridized carbons (Fsp3) is 0.636. The lowest BCUT2D eigenvalue weighted by Crippen LogP contribution is -2.41. The second kappa shape index (κ2) is 10.9. The smallest absolute Gasteiger partial charge is 0.255 e. The van der Waals surface area contributed by atoms with Crippen LogP contribution in [0.5, 0.6) is 5.75 Å². The lowest BCUT2D eigenvalue weighted by molar-refractivity contribution is -0.121. The molecule has 0 aromatic heterocycles. The van der Waals surface area contributed by atoms with Crippen molar-refractivity contribution in [2.24, 2.45) is 5.92 Å². The number of sulfonamides is 1. The molecule has 0 atom stereocenters. The molecule has 1 aromatic carbocycles. The third-order valence-electron chi connectivity index (χ3n) is 5.83. The molecule has 1 aliphatic carbocycles. The van der Waals surface area contributed by atoms with E-state index in [-0.39, 0.29) is 56.1 Å². The fourth-order valence-electron chi connectivity index (χ4n) is 4.16. The Bertz CT molecular complexity index is 881. The molecule has 2 amide bonds. The van der Waals surface area contributed by atoms with E-state index in [4.69, 9.17) is 4.74 Å². The highest BCUT2D eigenvalue weighted by atomic mass is 32.2. The molecule has 8 nitrogen and oxygen atoms in total. The van der Waals surface area contributed by atoms with Crippen molar-refractivity contribution < 1.29 is 22.7 Å². The minimum absolute atomic E-state index is 0.134. The summed E-state index contributed by atoms with van der Waals surface area (Å²) in [7, 11) is -3.46. The Morgan fingerprint density at radius 3 is 2.61 bits per heavy atom. The Labute approximate surface area is 184 Å². The van der Waals surface area contributed by atoms with E-state index in [0.29, 0.717) is 24.3 Å². The van der Waals surface area contributed by atoms with Gasteiger partial charge in [-0.1, -0.05) is 24.5 Å². The van der Waals surface area contributed by atoms with E-state index in [0.717, 1.165) is 31.2 Å². The van der Waals surface area contributed by atoms with Gasteiger partial charge in [0.15, 0.2) is 0 Å². The molecule has 0 radical (unpaired) electrons. The summed E-state index contributed by atoms with van der Waals surface area (Å²) in [5.74, 6) is 0.350. The number of carbonyl (C=O) groups excluding carboxylic acids is 2. The van der Waals surface area contributed by atoms with Gasteiger partial charge in [0, 0.05) is 26.1 Å². The van der Waals surface area contributed by atoms with Crippen LogP contribution in [0.4, 0.5) is 0 Å². The number of benzene rings is 1. The van der Waals surface area contributed by atoms with Crippen molar-refractivity contribution in [3.63, 3.8) is 0 Å². The topological polar surface area (TPSA) is 105 Å². The van der Waals surface area contributed by atoms with E-state index >= 15 is 0 Å². The lowest BCUT2D eigenvalue weighted by Gasteiger charge is -2.24. The number of carbonyl (C=O) groups is 2. The molecule has 1 aliphatic heterocycles. The number of nitrogens with zero attached hydrogens (tertiary/aromatic N) is 1. The molecule has 31 heavy (non-hydrogen) atoms. The monoisotopic (exact) mass is 451 g/mol. The molecule has 0 unspecified atom stereocenters. The van der Waals surface area contributed by atoms with Crippen LogP contribution in [0.25, 0.3) is 0 Å². The van der Waals surface area contributed by atoms with E-state index in [1.165, 1.54) is 4.31 Å². The van der Waals surface area contributed by atoms with Crippen molar-refractivity contribution >= 4 is 21.8 Å². The van der Waals surface area contributed by atoms with Gasteiger partial charge < -0.3 is 15.4 Å². The van der Waals surface area contributed by atoms with Gasteiger partial charge in [0.2, 0.25) is 15.9 Å². The second-order valence-corrected chi connectivity index (χ2v) is 10.4. The number of nitrogens with one attached hydrogen (secondary N) is 2. The minimum atomic E-state index is -3.46. The van der Waals surface area contributed by atoms with Gasteiger partial charge in [0.25, 0.3) is 5.91 Å². The van der Waals surface area contributed by atoms with E-state index in [1.807, 2.05) is 13.0 Å². The average molecular weight is 452 g/mol. The van der Waals surface area contributed by atoms with Crippen LogP contribution in [-0.4, -0.2) is 63.1 Å². The number of hydrogen-bond acceptors (Lipinski definition) is 5. The van der Waals surface area contributed by atoms with Crippen molar-refractivity contribution in [3.05, 3.63) is 29.3 Å². The molecule has 0 bridgehead atoms. The summed E-state index contributed by atoms with van der Waals surface area (Å²) in [5.41, 5.74) is 1.33. The number of hydrogen-bond donors (Lipinski definition) is 2. The summed E-state index contributed by atoms with van der Waals surface area (Å²) in [6.07, 6.45) is 4.74. The highest BCUT2D eigenvalue weighted by molar-refractivity contribution is 7.89. The summed E-state index contributed by atoms with van der Waals surface area (Å²) >= 11 is 0. The maximum absolute atomic E-state index is 13.0.